The Morgan fingerprint density at radius 2 is 0.654 bits per heavy atom. The van der Waals surface area contributed by atoms with E-state index in [0.717, 1.165) is 129 Å². The van der Waals surface area contributed by atoms with Crippen molar-refractivity contribution < 1.29 is 9.47 Å². The molecular weight excluding hydrogens is 991 g/mol. The van der Waals surface area contributed by atoms with Crippen LogP contribution >= 0.6 is 0 Å². The summed E-state index contributed by atoms with van der Waals surface area (Å²) in [5, 5.41) is 21.9. The molecule has 0 saturated carbocycles. The van der Waals surface area contributed by atoms with E-state index >= 15 is 0 Å². The average molecular weight is 1030 g/mol. The molecule has 0 N–H and O–H groups in total. The third-order valence-electron chi connectivity index (χ3n) is 17.1. The van der Waals surface area contributed by atoms with Crippen LogP contribution in [0.3, 0.4) is 0 Å². The lowest BCUT2D eigenvalue weighted by atomic mass is 9.29. The highest BCUT2D eigenvalue weighted by molar-refractivity contribution is 7.04. The first-order valence-corrected chi connectivity index (χ1v) is 27.1. The molecule has 6 aliphatic rings. The summed E-state index contributed by atoms with van der Waals surface area (Å²) in [5.41, 5.74) is 22.4. The molecule has 0 fully saturated rings. The summed E-state index contributed by atoms with van der Waals surface area (Å²) >= 11 is 0. The van der Waals surface area contributed by atoms with E-state index in [0.29, 0.717) is 28.3 Å². The summed E-state index contributed by atoms with van der Waals surface area (Å²) < 4.78 is 13.7. The van der Waals surface area contributed by atoms with E-state index in [-0.39, 0.29) is 20.1 Å². The molecule has 0 saturated heterocycles. The van der Waals surface area contributed by atoms with Crippen molar-refractivity contribution in [3.8, 4) is 35.1 Å². The molecule has 0 aliphatic carbocycles. The van der Waals surface area contributed by atoms with Crippen molar-refractivity contribution in [2.24, 2.45) is 0 Å². The van der Waals surface area contributed by atoms with Crippen LogP contribution in [0, 0.1) is 29.2 Å². The second kappa shape index (κ2) is 16.9. The van der Waals surface area contributed by atoms with Crippen LogP contribution in [0.2, 0.25) is 0 Å². The van der Waals surface area contributed by atoms with Crippen molar-refractivity contribution in [3.63, 3.8) is 0 Å². The molecule has 0 spiro atoms. The van der Waals surface area contributed by atoms with E-state index in [4.69, 9.17) is 16.0 Å². The quantitative estimate of drug-likeness (QED) is 0.127. The van der Waals surface area contributed by atoms with Gasteiger partial charge in [0.15, 0.2) is 5.69 Å². The van der Waals surface area contributed by atoms with Crippen LogP contribution in [-0.4, -0.2) is 20.1 Å². The Morgan fingerprint density at radius 3 is 1.05 bits per heavy atom. The van der Waals surface area contributed by atoms with Crippen LogP contribution in [0.15, 0.2) is 231 Å². The maximum absolute atomic E-state index is 11.2. The highest BCUT2D eigenvalue weighted by Gasteiger charge is 2.50. The second-order valence-electron chi connectivity index (χ2n) is 21.2. The van der Waals surface area contributed by atoms with Crippen LogP contribution in [0.4, 0.5) is 73.9 Å². The molecule has 370 valence electrons. The van der Waals surface area contributed by atoms with Gasteiger partial charge >= 0.3 is 0 Å². The van der Waals surface area contributed by atoms with E-state index < -0.39 is 0 Å². The summed E-state index contributed by atoms with van der Waals surface area (Å²) in [6.45, 7) is 7.46. The normalized spacial score (nSPS) is 13.7. The standard InChI is InChI=1S/C69H38B3N7O2/c1-75-44-34-62-69-66(35-44)81-64-29-17-15-27-50(64)71(69)52-37-54-58(39-56(52)79(62)48-24-12-5-13-25-48)77(46-20-8-3-9-21-46)60-31-42(40-73)30-59-67(60)72(54)53-36-51-55(38-57(53)76(59)45-18-6-2-7-19-45)78(47-22-10-4-11-23-47)61-32-43(41-74)33-65-68(61)70(51)49-26-14-16-28-63(49)80-65/h2-39H. The molecule has 81 heavy (non-hydrogen) atoms. The molecule has 6 heterocycles. The smallest absolute Gasteiger partial charge is 0.256 e. The largest absolute Gasteiger partial charge is 0.460 e. The first-order chi connectivity index (χ1) is 40.0. The highest BCUT2D eigenvalue weighted by Crippen LogP contribution is 2.50. The van der Waals surface area contributed by atoms with Crippen molar-refractivity contribution >= 4 is 143 Å². The van der Waals surface area contributed by atoms with Gasteiger partial charge in [-0.2, -0.15) is 10.5 Å². The fourth-order valence-corrected chi connectivity index (χ4v) is 14.0. The van der Waals surface area contributed by atoms with Gasteiger partial charge in [0, 0.05) is 68.2 Å². The molecule has 12 heteroatoms. The number of benzene rings is 11. The Labute approximate surface area is 468 Å². The fraction of sp³-hybridized carbons (Fsp3) is 0. The fourth-order valence-electron chi connectivity index (χ4n) is 14.0. The topological polar surface area (TPSA) is 83.4 Å². The SMILES string of the molecule is [C-]#[N+]c1cc2c3c(c1)N(c1ccccc1)c1cc4c(cc1B3c1ccccc1O2)B1c2cc3c(cc2N(c2ccccc2)c2cc(C#N)cc(c21)N4c1ccccc1)N(c1ccccc1)c1cc(C#N)cc2c1B3c1ccccc1O2. The van der Waals surface area contributed by atoms with Gasteiger partial charge in [0.05, 0.1) is 29.8 Å². The third-order valence-corrected chi connectivity index (χ3v) is 17.1. The van der Waals surface area contributed by atoms with Crippen LogP contribution < -0.4 is 78.2 Å². The number of fused-ring (bicyclic) bond motifs is 12. The van der Waals surface area contributed by atoms with Gasteiger partial charge in [0.25, 0.3) is 20.1 Å². The zero-order chi connectivity index (χ0) is 53.6. The Hall–Kier alpha value is -11.1. The minimum atomic E-state index is -0.365. The van der Waals surface area contributed by atoms with Gasteiger partial charge in [0.1, 0.15) is 23.0 Å². The van der Waals surface area contributed by atoms with E-state index in [1.807, 2.05) is 72.8 Å². The lowest BCUT2D eigenvalue weighted by molar-refractivity contribution is 0.487. The van der Waals surface area contributed by atoms with Gasteiger partial charge in [-0.05, 0) is 158 Å². The Balaban J connectivity index is 1.02. The number of rotatable bonds is 4. The Bertz CT molecular complexity index is 4410. The molecule has 0 atom stereocenters. The van der Waals surface area contributed by atoms with Crippen molar-refractivity contribution in [3.05, 3.63) is 253 Å². The van der Waals surface area contributed by atoms with Gasteiger partial charge in [-0.3, -0.25) is 0 Å². The minimum absolute atomic E-state index is 0.259. The first kappa shape index (κ1) is 45.0. The number of hydrogen-bond acceptors (Lipinski definition) is 8. The molecular formula is C69H38B3N7O2. The Morgan fingerprint density at radius 1 is 0.321 bits per heavy atom. The predicted octanol–water partition coefficient (Wildman–Crippen LogP) is 10.9. The van der Waals surface area contributed by atoms with Crippen LogP contribution in [-0.2, 0) is 0 Å². The molecule has 17 rings (SSSR count). The molecule has 0 aromatic heterocycles. The monoisotopic (exact) mass is 1030 g/mol. The van der Waals surface area contributed by atoms with Gasteiger partial charge in [-0.1, -0.05) is 121 Å². The maximum Gasteiger partial charge on any atom is 0.256 e. The molecule has 11 aromatic rings. The van der Waals surface area contributed by atoms with Crippen molar-refractivity contribution in [2.75, 3.05) is 19.6 Å². The number of nitrogens with zero attached hydrogens (tertiary/aromatic N) is 7. The first-order valence-electron chi connectivity index (χ1n) is 27.1. The molecule has 0 amide bonds. The molecule has 9 nitrogen and oxygen atoms in total. The predicted molar refractivity (Wildman–Crippen MR) is 328 cm³/mol. The number of para-hydroxylation sites is 6. The molecule has 0 unspecified atom stereocenters. The van der Waals surface area contributed by atoms with Gasteiger partial charge < -0.3 is 29.1 Å². The zero-order valence-corrected chi connectivity index (χ0v) is 43.1. The summed E-state index contributed by atoms with van der Waals surface area (Å²) in [6, 6.07) is 85.1. The number of ether oxygens (including phenoxy) is 2. The summed E-state index contributed by atoms with van der Waals surface area (Å²) in [7, 11) is 0. The van der Waals surface area contributed by atoms with Crippen molar-refractivity contribution in [1.82, 2.24) is 0 Å². The van der Waals surface area contributed by atoms with Crippen LogP contribution in [0.1, 0.15) is 11.1 Å². The lowest BCUT2D eigenvalue weighted by Gasteiger charge is -2.47. The van der Waals surface area contributed by atoms with Crippen molar-refractivity contribution in [1.29, 1.82) is 10.5 Å². The average Bonchev–Trinajstić information content (AvgIpc) is 2.55. The number of nitriles is 2. The highest BCUT2D eigenvalue weighted by atomic mass is 16.5. The third kappa shape index (κ3) is 6.32. The van der Waals surface area contributed by atoms with E-state index in [9.17, 15) is 10.5 Å². The van der Waals surface area contributed by atoms with Crippen LogP contribution in [0.25, 0.3) is 4.85 Å². The molecule has 0 bridgehead atoms. The maximum atomic E-state index is 11.2. The molecule has 11 aromatic carbocycles. The minimum Gasteiger partial charge on any atom is -0.460 e. The van der Waals surface area contributed by atoms with Crippen molar-refractivity contribution in [2.45, 2.75) is 0 Å². The van der Waals surface area contributed by atoms with E-state index in [1.165, 1.54) is 0 Å². The van der Waals surface area contributed by atoms with E-state index in [2.05, 4.69) is 194 Å². The summed E-state index contributed by atoms with van der Waals surface area (Å²) in [6.07, 6.45) is 0. The summed E-state index contributed by atoms with van der Waals surface area (Å²) in [5.74, 6) is 2.85. The number of anilines is 12. The zero-order valence-electron chi connectivity index (χ0n) is 43.1. The van der Waals surface area contributed by atoms with E-state index in [1.54, 1.807) is 0 Å². The molecule has 0 radical (unpaired) electrons. The number of hydrogen-bond donors (Lipinski definition) is 0. The van der Waals surface area contributed by atoms with Gasteiger partial charge in [0.2, 0.25) is 0 Å². The van der Waals surface area contributed by atoms with Crippen LogP contribution in [0.5, 0.6) is 23.0 Å². The van der Waals surface area contributed by atoms with Gasteiger partial charge in [-0.25, -0.2) is 4.85 Å². The summed E-state index contributed by atoms with van der Waals surface area (Å²) in [4.78, 5) is 13.3. The van der Waals surface area contributed by atoms with Gasteiger partial charge in [-0.15, -0.1) is 0 Å². The lowest BCUT2D eigenvalue weighted by Crippen LogP contribution is -2.66. The second-order valence-corrected chi connectivity index (χ2v) is 21.2. The Kier molecular flexibility index (Phi) is 9.40. The molecule has 6 aliphatic heterocycles.